The Labute approximate surface area is 98.2 Å². The molecule has 0 fully saturated rings. The third-order valence-corrected chi connectivity index (χ3v) is 1.23. The van der Waals surface area contributed by atoms with Crippen molar-refractivity contribution in [3.63, 3.8) is 0 Å². The lowest BCUT2D eigenvalue weighted by atomic mass is 10.3. The van der Waals surface area contributed by atoms with Crippen molar-refractivity contribution in [2.45, 2.75) is 6.92 Å². The SMILES string of the molecule is C=C(C)C(N)=O.C=CCN=NOS(=O)(=O)Cl. The van der Waals surface area contributed by atoms with Crippen LogP contribution in [0.2, 0.25) is 0 Å². The first-order chi connectivity index (χ1) is 7.20. The summed E-state index contributed by atoms with van der Waals surface area (Å²) in [6.45, 7) is 8.34. The van der Waals surface area contributed by atoms with Crippen molar-refractivity contribution in [1.29, 1.82) is 0 Å². The number of halogens is 1. The van der Waals surface area contributed by atoms with Crippen LogP contribution in [0.3, 0.4) is 0 Å². The molecule has 1 amide bonds. The number of carbonyl (C=O) groups is 1. The Balaban J connectivity index is 0. The van der Waals surface area contributed by atoms with Crippen LogP contribution in [0.5, 0.6) is 0 Å². The molecule has 16 heavy (non-hydrogen) atoms. The number of nitrogens with two attached hydrogens (primary N) is 1. The second kappa shape index (κ2) is 8.86. The van der Waals surface area contributed by atoms with Crippen LogP contribution >= 0.6 is 10.7 Å². The van der Waals surface area contributed by atoms with Gasteiger partial charge in [0.1, 0.15) is 0 Å². The maximum atomic E-state index is 9.96. The highest BCUT2D eigenvalue weighted by atomic mass is 35.7. The summed E-state index contributed by atoms with van der Waals surface area (Å²) in [4.78, 5) is 9.82. The zero-order valence-electron chi connectivity index (χ0n) is 8.59. The summed E-state index contributed by atoms with van der Waals surface area (Å²) in [5.41, 5.74) is 5.09. The first kappa shape index (κ1) is 17.0. The van der Waals surface area contributed by atoms with Gasteiger partial charge in [0, 0.05) is 10.9 Å². The number of carbonyl (C=O) groups excluding carboxylic acids is 1. The summed E-state index contributed by atoms with van der Waals surface area (Å²) in [6, 6.07) is 0. The van der Waals surface area contributed by atoms with E-state index in [0.717, 1.165) is 0 Å². The predicted molar refractivity (Wildman–Crippen MR) is 59.8 cm³/mol. The van der Waals surface area contributed by atoms with E-state index in [1.165, 1.54) is 6.08 Å². The van der Waals surface area contributed by atoms with Crippen molar-refractivity contribution in [2.24, 2.45) is 16.1 Å². The molecule has 0 atom stereocenters. The molecule has 0 aliphatic carbocycles. The molecule has 0 aliphatic heterocycles. The molecule has 0 spiro atoms. The second-order valence-corrected chi connectivity index (χ2v) is 4.38. The molecule has 0 aromatic carbocycles. The lowest BCUT2D eigenvalue weighted by Crippen LogP contribution is -2.10. The van der Waals surface area contributed by atoms with Crippen LogP contribution in [0.4, 0.5) is 0 Å². The third-order valence-electron chi connectivity index (χ3n) is 0.811. The van der Waals surface area contributed by atoms with E-state index in [1.54, 1.807) is 6.92 Å². The van der Waals surface area contributed by atoms with Crippen molar-refractivity contribution in [2.75, 3.05) is 6.54 Å². The largest absolute Gasteiger partial charge is 0.421 e. The molecule has 0 rings (SSSR count). The Morgan fingerprint density at radius 1 is 1.62 bits per heavy atom. The lowest BCUT2D eigenvalue weighted by molar-refractivity contribution is -0.114. The van der Waals surface area contributed by atoms with Crippen LogP contribution < -0.4 is 5.73 Å². The summed E-state index contributed by atoms with van der Waals surface area (Å²) in [5.74, 6) is -0.435. The summed E-state index contributed by atoms with van der Waals surface area (Å²) in [6.07, 6.45) is 1.42. The Morgan fingerprint density at radius 3 is 2.31 bits per heavy atom. The molecule has 0 heterocycles. The second-order valence-electron chi connectivity index (χ2n) is 2.31. The highest BCUT2D eigenvalue weighted by molar-refractivity contribution is 8.09. The van der Waals surface area contributed by atoms with Gasteiger partial charge in [-0.3, -0.25) is 4.79 Å². The van der Waals surface area contributed by atoms with Gasteiger partial charge in [-0.1, -0.05) is 12.7 Å². The molecule has 0 unspecified atom stereocenters. The van der Waals surface area contributed by atoms with Gasteiger partial charge in [-0.2, -0.15) is 8.42 Å². The van der Waals surface area contributed by atoms with Crippen molar-refractivity contribution < 1.29 is 17.5 Å². The first-order valence-corrected chi connectivity index (χ1v) is 6.00. The minimum absolute atomic E-state index is 0.187. The Hall–Kier alpha value is -1.41. The Morgan fingerprint density at radius 2 is 2.06 bits per heavy atom. The molecule has 0 radical (unpaired) electrons. The molecule has 0 bridgehead atoms. The Bertz CT molecular complexity index is 365. The van der Waals surface area contributed by atoms with Crippen LogP contribution in [0.15, 0.2) is 35.2 Å². The molecule has 0 aliphatic rings. The van der Waals surface area contributed by atoms with Crippen LogP contribution in [0, 0.1) is 0 Å². The predicted octanol–water partition coefficient (Wildman–Crippen LogP) is 1.09. The molecule has 0 saturated carbocycles. The quantitative estimate of drug-likeness (QED) is 0.265. The van der Waals surface area contributed by atoms with Crippen LogP contribution in [0.1, 0.15) is 6.92 Å². The number of primary amides is 1. The van der Waals surface area contributed by atoms with Crippen molar-refractivity contribution >= 4 is 25.9 Å². The van der Waals surface area contributed by atoms with E-state index in [2.05, 4.69) is 38.5 Å². The molecule has 0 aromatic heterocycles. The number of nitrogens with zero attached hydrogens (tertiary/aromatic N) is 2. The normalized spacial score (nSPS) is 10.1. The van der Waals surface area contributed by atoms with Crippen LogP contribution in [-0.2, 0) is 18.4 Å². The van der Waals surface area contributed by atoms with Gasteiger partial charge in [0.25, 0.3) is 0 Å². The maximum absolute atomic E-state index is 9.96. The summed E-state index contributed by atoms with van der Waals surface area (Å²) in [7, 11) is 0.555. The van der Waals surface area contributed by atoms with E-state index in [-0.39, 0.29) is 6.54 Å². The fraction of sp³-hybridized carbons (Fsp3) is 0.286. The molecule has 7 nitrogen and oxygen atoms in total. The highest BCUT2D eigenvalue weighted by Crippen LogP contribution is 1.98. The lowest BCUT2D eigenvalue weighted by Gasteiger charge is -1.85. The van der Waals surface area contributed by atoms with E-state index in [4.69, 9.17) is 5.73 Å². The van der Waals surface area contributed by atoms with E-state index < -0.39 is 15.2 Å². The van der Waals surface area contributed by atoms with Gasteiger partial charge < -0.3 is 5.73 Å². The van der Waals surface area contributed by atoms with Gasteiger partial charge in [-0.05, 0) is 6.92 Å². The average Bonchev–Trinajstić information content (AvgIpc) is 2.12. The van der Waals surface area contributed by atoms with E-state index in [0.29, 0.717) is 5.57 Å². The number of hydrogen-bond donors (Lipinski definition) is 1. The fourth-order valence-corrected chi connectivity index (χ4v) is 0.357. The van der Waals surface area contributed by atoms with Crippen LogP contribution in [0.25, 0.3) is 0 Å². The van der Waals surface area contributed by atoms with Gasteiger partial charge in [-0.25, -0.2) is 4.28 Å². The van der Waals surface area contributed by atoms with E-state index >= 15 is 0 Å². The number of amides is 1. The minimum Gasteiger partial charge on any atom is -0.366 e. The minimum atomic E-state index is -4.03. The number of hydrogen-bond acceptors (Lipinski definition) is 6. The van der Waals surface area contributed by atoms with Crippen molar-refractivity contribution in [1.82, 2.24) is 0 Å². The third kappa shape index (κ3) is 18.4. The molecule has 92 valence electrons. The monoisotopic (exact) mass is 269 g/mol. The standard InChI is InChI=1S/C4H7NO.C3H5ClN2O3S/c1-3(2)4(5)6;1-2-3-5-6-9-10(4,7)8/h1H2,2H3,(H2,5,6);2H,1,3H2. The maximum Gasteiger partial charge on any atom is 0.421 e. The topological polar surface area (TPSA) is 111 Å². The summed E-state index contributed by atoms with van der Waals surface area (Å²) in [5, 5.41) is 5.96. The van der Waals surface area contributed by atoms with Crippen LogP contribution in [-0.4, -0.2) is 20.9 Å². The van der Waals surface area contributed by atoms with Crippen molar-refractivity contribution in [3.8, 4) is 0 Å². The zero-order chi connectivity index (χ0) is 13.2. The highest BCUT2D eigenvalue weighted by Gasteiger charge is 2.01. The number of rotatable bonds is 5. The Kier molecular flexibility index (Phi) is 9.42. The van der Waals surface area contributed by atoms with Gasteiger partial charge in [0.15, 0.2) is 0 Å². The van der Waals surface area contributed by atoms with E-state index in [9.17, 15) is 13.2 Å². The van der Waals surface area contributed by atoms with Crippen molar-refractivity contribution in [3.05, 3.63) is 24.8 Å². The van der Waals surface area contributed by atoms with Gasteiger partial charge >= 0.3 is 9.33 Å². The van der Waals surface area contributed by atoms with Gasteiger partial charge in [0.2, 0.25) is 5.91 Å². The smallest absolute Gasteiger partial charge is 0.366 e. The molecule has 2 N–H and O–H groups in total. The first-order valence-electron chi connectivity index (χ1n) is 3.77. The molecular formula is C7H12ClN3O4S. The zero-order valence-corrected chi connectivity index (χ0v) is 10.2. The van der Waals surface area contributed by atoms with E-state index in [1.807, 2.05) is 0 Å². The summed E-state index contributed by atoms with van der Waals surface area (Å²) < 4.78 is 23.6. The summed E-state index contributed by atoms with van der Waals surface area (Å²) >= 11 is 0. The molecule has 9 heteroatoms. The molecule has 0 saturated heterocycles. The van der Waals surface area contributed by atoms with Gasteiger partial charge in [0.05, 0.1) is 17.2 Å². The van der Waals surface area contributed by atoms with Gasteiger partial charge in [-0.15, -0.1) is 11.7 Å². The fourth-order valence-electron chi connectivity index (χ4n) is 0.154. The average molecular weight is 270 g/mol. The molecular weight excluding hydrogens is 258 g/mol. The molecule has 0 aromatic rings.